The molecule has 5 nitrogen and oxygen atoms in total. The van der Waals surface area contributed by atoms with Crippen molar-refractivity contribution in [2.24, 2.45) is 0 Å². The number of aromatic nitrogens is 1. The first-order valence-electron chi connectivity index (χ1n) is 7.32. The van der Waals surface area contributed by atoms with Crippen LogP contribution in [-0.4, -0.2) is 46.1 Å². The quantitative estimate of drug-likeness (QED) is 0.871. The van der Waals surface area contributed by atoms with Crippen molar-refractivity contribution in [2.75, 3.05) is 19.6 Å². The molecule has 1 aliphatic heterocycles. The van der Waals surface area contributed by atoms with Gasteiger partial charge in [-0.1, -0.05) is 20.8 Å². The fourth-order valence-corrected chi connectivity index (χ4v) is 3.61. The molecule has 2 N–H and O–H groups in total. The van der Waals surface area contributed by atoms with Gasteiger partial charge in [-0.2, -0.15) is 0 Å². The van der Waals surface area contributed by atoms with E-state index in [9.17, 15) is 4.79 Å². The maximum Gasteiger partial charge on any atom is 0.317 e. The third-order valence-corrected chi connectivity index (χ3v) is 4.73. The Morgan fingerprint density at radius 3 is 2.86 bits per heavy atom. The zero-order valence-corrected chi connectivity index (χ0v) is 14.1. The molecule has 0 bridgehead atoms. The van der Waals surface area contributed by atoms with E-state index in [4.69, 9.17) is 10.1 Å². The van der Waals surface area contributed by atoms with Crippen LogP contribution in [0.2, 0.25) is 0 Å². The number of carboxylic acid groups (broad SMARTS) is 1. The molecule has 1 atom stereocenters. The lowest BCUT2D eigenvalue weighted by atomic mass is 9.93. The molecule has 1 aliphatic rings. The summed E-state index contributed by atoms with van der Waals surface area (Å²) in [4.78, 5) is 17.8. The van der Waals surface area contributed by atoms with Crippen LogP contribution in [-0.2, 0) is 16.8 Å². The zero-order chi connectivity index (χ0) is 15.7. The van der Waals surface area contributed by atoms with Crippen molar-refractivity contribution < 1.29 is 9.90 Å². The summed E-state index contributed by atoms with van der Waals surface area (Å²) in [6.07, 6.45) is 0.970. The number of likely N-dealkylation sites (tertiary alicyclic amines) is 1. The van der Waals surface area contributed by atoms with Gasteiger partial charge in [-0.3, -0.25) is 9.69 Å². The first kappa shape index (κ1) is 16.4. The van der Waals surface area contributed by atoms with Crippen LogP contribution in [0.5, 0.6) is 0 Å². The lowest BCUT2D eigenvalue weighted by Gasteiger charge is -2.25. The monoisotopic (exact) mass is 311 g/mol. The fraction of sp³-hybridized carbons (Fsp3) is 0.733. The number of carboxylic acids is 1. The number of hydrogen-bond acceptors (Lipinski definition) is 5. The van der Waals surface area contributed by atoms with Gasteiger partial charge in [0.15, 0.2) is 0 Å². The van der Waals surface area contributed by atoms with E-state index in [1.165, 1.54) is 0 Å². The van der Waals surface area contributed by atoms with Gasteiger partial charge in [0.25, 0.3) is 0 Å². The van der Waals surface area contributed by atoms with Gasteiger partial charge in [0, 0.05) is 29.4 Å². The van der Waals surface area contributed by atoms with Gasteiger partial charge < -0.3 is 10.4 Å². The second kappa shape index (κ2) is 6.02. The Labute approximate surface area is 130 Å². The summed E-state index contributed by atoms with van der Waals surface area (Å²) in [6.45, 7) is 11.3. The van der Waals surface area contributed by atoms with Crippen molar-refractivity contribution in [1.29, 1.82) is 0 Å². The van der Waals surface area contributed by atoms with E-state index in [0.717, 1.165) is 36.8 Å². The highest BCUT2D eigenvalue weighted by molar-refractivity contribution is 7.09. The smallest absolute Gasteiger partial charge is 0.317 e. The van der Waals surface area contributed by atoms with Crippen LogP contribution in [0.15, 0.2) is 5.38 Å². The largest absolute Gasteiger partial charge is 0.480 e. The Morgan fingerprint density at radius 2 is 2.29 bits per heavy atom. The highest BCUT2D eigenvalue weighted by Crippen LogP contribution is 2.27. The Balaban J connectivity index is 1.90. The first-order chi connectivity index (χ1) is 9.68. The summed E-state index contributed by atoms with van der Waals surface area (Å²) in [6, 6.07) is 0. The molecule has 1 aromatic heterocycles. The molecule has 0 radical (unpaired) electrons. The van der Waals surface area contributed by atoms with E-state index in [0.29, 0.717) is 0 Å². The minimum Gasteiger partial charge on any atom is -0.480 e. The predicted molar refractivity (Wildman–Crippen MR) is 84.8 cm³/mol. The topological polar surface area (TPSA) is 65.5 Å². The molecule has 1 saturated heterocycles. The maximum absolute atomic E-state index is 10.7. The third-order valence-electron chi connectivity index (χ3n) is 3.90. The van der Waals surface area contributed by atoms with E-state index in [1.54, 1.807) is 11.3 Å². The molecule has 1 aromatic rings. The van der Waals surface area contributed by atoms with Gasteiger partial charge in [0.1, 0.15) is 5.01 Å². The molecule has 6 heteroatoms. The van der Waals surface area contributed by atoms with E-state index in [-0.39, 0.29) is 17.5 Å². The molecule has 2 heterocycles. The maximum atomic E-state index is 10.7. The van der Waals surface area contributed by atoms with Gasteiger partial charge in [-0.15, -0.1) is 11.3 Å². The van der Waals surface area contributed by atoms with Gasteiger partial charge in [-0.05, 0) is 13.3 Å². The van der Waals surface area contributed by atoms with Crippen molar-refractivity contribution in [3.05, 3.63) is 16.1 Å². The molecule has 1 fully saturated rings. The normalized spacial score (nSPS) is 23.6. The summed E-state index contributed by atoms with van der Waals surface area (Å²) < 4.78 is 0. The summed E-state index contributed by atoms with van der Waals surface area (Å²) in [7, 11) is 0. The van der Waals surface area contributed by atoms with Crippen LogP contribution >= 0.6 is 11.3 Å². The van der Waals surface area contributed by atoms with Crippen LogP contribution in [0.3, 0.4) is 0 Å². The highest BCUT2D eigenvalue weighted by atomic mass is 32.1. The Morgan fingerprint density at radius 1 is 1.57 bits per heavy atom. The molecule has 118 valence electrons. The van der Waals surface area contributed by atoms with Crippen molar-refractivity contribution in [3.8, 4) is 0 Å². The van der Waals surface area contributed by atoms with Crippen molar-refractivity contribution in [3.63, 3.8) is 0 Å². The van der Waals surface area contributed by atoms with Crippen LogP contribution < -0.4 is 5.32 Å². The summed E-state index contributed by atoms with van der Waals surface area (Å²) in [5.41, 5.74) is 1.13. The van der Waals surface area contributed by atoms with Crippen molar-refractivity contribution in [2.45, 2.75) is 51.6 Å². The average Bonchev–Trinajstić information content (AvgIpc) is 2.95. The Bertz CT molecular complexity index is 509. The number of thiazole rings is 1. The minimum atomic E-state index is -0.801. The number of nitrogens with one attached hydrogen (secondary N) is 1. The van der Waals surface area contributed by atoms with E-state index >= 15 is 0 Å². The van der Waals surface area contributed by atoms with Crippen LogP contribution in [0.25, 0.3) is 0 Å². The molecule has 21 heavy (non-hydrogen) atoms. The molecule has 0 amide bonds. The van der Waals surface area contributed by atoms with Gasteiger partial charge in [-0.25, -0.2) is 4.98 Å². The number of carbonyl (C=O) groups is 1. The van der Waals surface area contributed by atoms with Crippen LogP contribution in [0, 0.1) is 0 Å². The summed E-state index contributed by atoms with van der Waals surface area (Å²) in [5.74, 6) is -0.801. The zero-order valence-electron chi connectivity index (χ0n) is 13.3. The molecular formula is C15H25N3O2S. The van der Waals surface area contributed by atoms with Crippen molar-refractivity contribution in [1.82, 2.24) is 15.2 Å². The van der Waals surface area contributed by atoms with E-state index in [2.05, 4.69) is 43.3 Å². The van der Waals surface area contributed by atoms with E-state index < -0.39 is 5.97 Å². The van der Waals surface area contributed by atoms with Gasteiger partial charge in [0.2, 0.25) is 0 Å². The lowest BCUT2D eigenvalue weighted by Crippen LogP contribution is -2.46. The van der Waals surface area contributed by atoms with Crippen LogP contribution in [0.1, 0.15) is 44.8 Å². The standard InChI is InChI=1S/C15H25N3O2S/c1-14(2,3)11-9-21-12(17-11)8-18-6-5-15(4,10-18)16-7-13(19)20/h9,16H,5-8,10H2,1-4H3,(H,19,20)/t15-/m1/s1. The van der Waals surface area contributed by atoms with Gasteiger partial charge in [0.05, 0.1) is 18.8 Å². The molecule has 2 rings (SSSR count). The Hall–Kier alpha value is -0.980. The minimum absolute atomic E-state index is 0.0236. The lowest BCUT2D eigenvalue weighted by molar-refractivity contribution is -0.136. The summed E-state index contributed by atoms with van der Waals surface area (Å²) in [5, 5.41) is 15.2. The third kappa shape index (κ3) is 4.49. The molecular weight excluding hydrogens is 286 g/mol. The number of hydrogen-bond donors (Lipinski definition) is 2. The predicted octanol–water partition coefficient (Wildman–Crippen LogP) is 2.08. The van der Waals surface area contributed by atoms with Crippen LogP contribution in [0.4, 0.5) is 0 Å². The molecule has 0 saturated carbocycles. The van der Waals surface area contributed by atoms with Gasteiger partial charge >= 0.3 is 5.97 Å². The number of rotatable bonds is 5. The molecule has 0 aromatic carbocycles. The Kier molecular flexibility index (Phi) is 4.70. The molecule has 0 unspecified atom stereocenters. The molecule has 0 aliphatic carbocycles. The first-order valence-corrected chi connectivity index (χ1v) is 8.20. The average molecular weight is 311 g/mol. The van der Waals surface area contributed by atoms with E-state index in [1.807, 2.05) is 0 Å². The number of aliphatic carboxylic acids is 1. The second-order valence-corrected chi connectivity index (χ2v) is 8.09. The highest BCUT2D eigenvalue weighted by Gasteiger charge is 2.34. The SMILES string of the molecule is CC(C)(C)c1csc(CN2CC[C@@](C)(NCC(=O)O)C2)n1. The second-order valence-electron chi connectivity index (χ2n) is 7.15. The molecule has 0 spiro atoms. The van der Waals surface area contributed by atoms with Crippen molar-refractivity contribution >= 4 is 17.3 Å². The number of nitrogens with zero attached hydrogens (tertiary/aromatic N) is 2. The summed E-state index contributed by atoms with van der Waals surface area (Å²) >= 11 is 1.71. The fourth-order valence-electron chi connectivity index (χ4n) is 2.54.